The average molecular weight is 232 g/mol. The Balaban J connectivity index is 2.19. The van der Waals surface area contributed by atoms with Gasteiger partial charge in [0.25, 0.3) is 0 Å². The summed E-state index contributed by atoms with van der Waals surface area (Å²) in [5.74, 6) is -0.689. The van der Waals surface area contributed by atoms with Gasteiger partial charge in [-0.25, -0.2) is 12.7 Å². The number of nitrogens with zero attached hydrogens (tertiary/aromatic N) is 1. The van der Waals surface area contributed by atoms with Crippen LogP contribution in [0.1, 0.15) is 19.3 Å². The summed E-state index contributed by atoms with van der Waals surface area (Å²) in [4.78, 5) is 11.1. The summed E-state index contributed by atoms with van der Waals surface area (Å²) in [6.45, 7) is 0.825. The minimum Gasteiger partial charge on any atom is -0.369 e. The Labute approximate surface area is 89.7 Å². The van der Waals surface area contributed by atoms with Gasteiger partial charge >= 0.3 is 0 Å². The maximum atomic E-state index is 11.4. The van der Waals surface area contributed by atoms with Gasteiger partial charge in [-0.1, -0.05) is 0 Å². The lowest BCUT2D eigenvalue weighted by Crippen LogP contribution is -2.48. The molecule has 15 heavy (non-hydrogen) atoms. The summed E-state index contributed by atoms with van der Waals surface area (Å²) in [6.07, 6.45) is 3.98. The van der Waals surface area contributed by atoms with E-state index in [4.69, 9.17) is 5.73 Å². The highest BCUT2D eigenvalue weighted by molar-refractivity contribution is 7.88. The van der Waals surface area contributed by atoms with Gasteiger partial charge in [0.05, 0.1) is 12.2 Å². The Morgan fingerprint density at radius 2 is 2.07 bits per heavy atom. The predicted octanol–water partition coefficient (Wildman–Crippen LogP) is -0.467. The molecule has 1 saturated carbocycles. The number of rotatable bonds is 2. The van der Waals surface area contributed by atoms with Crippen LogP contribution in [0.15, 0.2) is 0 Å². The first-order valence-corrected chi connectivity index (χ1v) is 6.92. The van der Waals surface area contributed by atoms with E-state index in [1.54, 1.807) is 0 Å². The van der Waals surface area contributed by atoms with Gasteiger partial charge in [0, 0.05) is 13.1 Å². The predicted molar refractivity (Wildman–Crippen MR) is 55.4 cm³/mol. The van der Waals surface area contributed by atoms with Crippen molar-refractivity contribution in [1.82, 2.24) is 4.31 Å². The zero-order chi connectivity index (χ0) is 11.3. The monoisotopic (exact) mass is 232 g/mol. The zero-order valence-electron chi connectivity index (χ0n) is 8.77. The van der Waals surface area contributed by atoms with E-state index in [0.717, 1.165) is 19.3 Å². The number of hydrogen-bond donors (Lipinski definition) is 1. The third-order valence-electron chi connectivity index (χ3n) is 3.44. The first kappa shape index (κ1) is 10.9. The van der Waals surface area contributed by atoms with Crippen LogP contribution < -0.4 is 5.73 Å². The average Bonchev–Trinajstić information content (AvgIpc) is 2.82. The van der Waals surface area contributed by atoms with Crippen molar-refractivity contribution in [2.75, 3.05) is 19.3 Å². The number of hydrogen-bond acceptors (Lipinski definition) is 3. The highest BCUT2D eigenvalue weighted by Gasteiger charge is 2.51. The van der Waals surface area contributed by atoms with E-state index in [9.17, 15) is 13.2 Å². The fourth-order valence-corrected chi connectivity index (χ4v) is 3.28. The Morgan fingerprint density at radius 1 is 1.47 bits per heavy atom. The van der Waals surface area contributed by atoms with Gasteiger partial charge in [-0.2, -0.15) is 0 Å². The van der Waals surface area contributed by atoms with Crippen LogP contribution in [0.5, 0.6) is 0 Å². The molecule has 1 saturated heterocycles. The van der Waals surface area contributed by atoms with Gasteiger partial charge in [-0.15, -0.1) is 0 Å². The lowest BCUT2D eigenvalue weighted by Gasteiger charge is -2.35. The van der Waals surface area contributed by atoms with E-state index in [-0.39, 0.29) is 23.8 Å². The molecule has 0 aromatic rings. The Bertz CT molecular complexity index is 386. The molecule has 1 aliphatic heterocycles. The molecule has 1 unspecified atom stereocenters. The minimum atomic E-state index is -3.20. The Kier molecular flexibility index (Phi) is 2.31. The summed E-state index contributed by atoms with van der Waals surface area (Å²) in [5, 5.41) is 0. The maximum absolute atomic E-state index is 11.4. The third kappa shape index (κ3) is 2.15. The fourth-order valence-electron chi connectivity index (χ4n) is 2.32. The molecule has 0 radical (unpaired) electrons. The van der Waals surface area contributed by atoms with Crippen molar-refractivity contribution in [3.63, 3.8) is 0 Å². The summed E-state index contributed by atoms with van der Waals surface area (Å²) in [6, 6.07) is 0. The minimum absolute atomic E-state index is 0.0566. The smallest absolute Gasteiger partial charge is 0.221 e. The molecule has 1 aliphatic carbocycles. The molecule has 0 aromatic heterocycles. The number of amides is 1. The molecule has 1 atom stereocenters. The summed E-state index contributed by atoms with van der Waals surface area (Å²) in [7, 11) is -3.20. The molecule has 2 rings (SSSR count). The number of carbonyl (C=O) groups excluding carboxylic acids is 1. The van der Waals surface area contributed by atoms with Crippen LogP contribution in [-0.2, 0) is 14.8 Å². The molecule has 2 N–H and O–H groups in total. The number of nitrogens with two attached hydrogens (primary N) is 1. The zero-order valence-corrected chi connectivity index (χ0v) is 9.59. The first-order chi connectivity index (χ1) is 6.82. The molecule has 5 nitrogen and oxygen atoms in total. The highest BCUT2D eigenvalue weighted by atomic mass is 32.2. The van der Waals surface area contributed by atoms with Crippen molar-refractivity contribution in [2.24, 2.45) is 17.1 Å². The van der Waals surface area contributed by atoms with Crippen LogP contribution >= 0.6 is 0 Å². The van der Waals surface area contributed by atoms with Gasteiger partial charge in [0.15, 0.2) is 0 Å². The normalized spacial score (nSPS) is 30.3. The van der Waals surface area contributed by atoms with Gasteiger partial charge in [0.1, 0.15) is 0 Å². The number of sulfonamides is 1. The molecular formula is C9H16N2O3S. The Morgan fingerprint density at radius 3 is 2.47 bits per heavy atom. The highest BCUT2D eigenvalue weighted by Crippen LogP contribution is 2.53. The van der Waals surface area contributed by atoms with Gasteiger partial charge < -0.3 is 5.73 Å². The van der Waals surface area contributed by atoms with E-state index < -0.39 is 10.0 Å². The van der Waals surface area contributed by atoms with Crippen molar-refractivity contribution >= 4 is 15.9 Å². The largest absolute Gasteiger partial charge is 0.369 e. The van der Waals surface area contributed by atoms with E-state index in [2.05, 4.69) is 0 Å². The van der Waals surface area contributed by atoms with Crippen molar-refractivity contribution in [3.05, 3.63) is 0 Å². The summed E-state index contributed by atoms with van der Waals surface area (Å²) in [5.41, 5.74) is 5.32. The lowest BCUT2D eigenvalue weighted by molar-refractivity contribution is -0.123. The lowest BCUT2D eigenvalue weighted by atomic mass is 9.87. The number of piperidine rings is 1. The summed E-state index contributed by atoms with van der Waals surface area (Å²) >= 11 is 0. The second-order valence-electron chi connectivity index (χ2n) is 4.86. The molecule has 86 valence electrons. The number of carbonyl (C=O) groups is 1. The van der Waals surface area contributed by atoms with E-state index >= 15 is 0 Å². The molecule has 6 heteroatoms. The standard InChI is InChI=1S/C9H16N2O3S/c1-15(13,14)11-5-7(8(10)12)4-9(6-11)2-3-9/h7H,2-6H2,1H3,(H2,10,12). The second-order valence-corrected chi connectivity index (χ2v) is 6.84. The molecule has 1 heterocycles. The maximum Gasteiger partial charge on any atom is 0.221 e. The quantitative estimate of drug-likeness (QED) is 0.699. The van der Waals surface area contributed by atoms with E-state index in [1.807, 2.05) is 0 Å². The second kappa shape index (κ2) is 3.18. The van der Waals surface area contributed by atoms with Crippen molar-refractivity contribution in [1.29, 1.82) is 0 Å². The SMILES string of the molecule is CS(=O)(=O)N1CC(C(N)=O)CC2(CC2)C1. The van der Waals surface area contributed by atoms with Crippen LogP contribution in [0.25, 0.3) is 0 Å². The molecule has 2 fully saturated rings. The van der Waals surface area contributed by atoms with Crippen LogP contribution in [0.2, 0.25) is 0 Å². The Hall–Kier alpha value is -0.620. The van der Waals surface area contributed by atoms with Crippen molar-refractivity contribution in [2.45, 2.75) is 19.3 Å². The van der Waals surface area contributed by atoms with Crippen molar-refractivity contribution < 1.29 is 13.2 Å². The van der Waals surface area contributed by atoms with Crippen molar-refractivity contribution in [3.8, 4) is 0 Å². The van der Waals surface area contributed by atoms with E-state index in [1.165, 1.54) is 10.6 Å². The van der Waals surface area contributed by atoms with Gasteiger partial charge in [-0.3, -0.25) is 4.79 Å². The van der Waals surface area contributed by atoms with Gasteiger partial charge in [-0.05, 0) is 24.7 Å². The van der Waals surface area contributed by atoms with Crippen LogP contribution in [0, 0.1) is 11.3 Å². The molecular weight excluding hydrogens is 216 g/mol. The molecule has 1 spiro atoms. The summed E-state index contributed by atoms with van der Waals surface area (Å²) < 4.78 is 24.3. The third-order valence-corrected chi connectivity index (χ3v) is 4.66. The first-order valence-electron chi connectivity index (χ1n) is 5.07. The molecule has 0 bridgehead atoms. The number of primary amides is 1. The fraction of sp³-hybridized carbons (Fsp3) is 0.889. The van der Waals surface area contributed by atoms with Crippen LogP contribution in [0.3, 0.4) is 0 Å². The van der Waals surface area contributed by atoms with Crippen LogP contribution in [0.4, 0.5) is 0 Å². The topological polar surface area (TPSA) is 80.5 Å². The molecule has 1 amide bonds. The molecule has 0 aromatic carbocycles. The van der Waals surface area contributed by atoms with Gasteiger partial charge in [0.2, 0.25) is 15.9 Å². The van der Waals surface area contributed by atoms with Crippen LogP contribution in [-0.4, -0.2) is 38.0 Å². The van der Waals surface area contributed by atoms with E-state index in [0.29, 0.717) is 6.54 Å². The molecule has 2 aliphatic rings.